The van der Waals surface area contributed by atoms with Crippen LogP contribution in [0.2, 0.25) is 0 Å². The van der Waals surface area contributed by atoms with Gasteiger partial charge in [-0.3, -0.25) is 4.90 Å². The van der Waals surface area contributed by atoms with E-state index in [4.69, 9.17) is 4.74 Å². The topological polar surface area (TPSA) is 70.5 Å². The van der Waals surface area contributed by atoms with Crippen molar-refractivity contribution in [2.45, 2.75) is 31.8 Å². The van der Waals surface area contributed by atoms with E-state index in [1.807, 2.05) is 30.5 Å². The molecule has 3 aromatic rings. The van der Waals surface area contributed by atoms with E-state index < -0.39 is 0 Å². The van der Waals surface area contributed by atoms with Crippen molar-refractivity contribution in [1.82, 2.24) is 14.9 Å². The molecule has 156 valence electrons. The summed E-state index contributed by atoms with van der Waals surface area (Å²) in [6.07, 6.45) is 7.03. The van der Waals surface area contributed by atoms with Gasteiger partial charge in [-0.15, -0.1) is 0 Å². The van der Waals surface area contributed by atoms with E-state index in [0.717, 1.165) is 42.1 Å². The molecule has 4 rings (SSSR count). The zero-order chi connectivity index (χ0) is 20.8. The Bertz CT molecular complexity index is 961. The third-order valence-electron chi connectivity index (χ3n) is 5.58. The Balaban J connectivity index is 1.49. The number of benzene rings is 1. The molecule has 1 aliphatic heterocycles. The number of hydrogen-bond acceptors (Lipinski definition) is 6. The molecule has 1 unspecified atom stereocenters. The van der Waals surface area contributed by atoms with Gasteiger partial charge in [0.25, 0.3) is 0 Å². The van der Waals surface area contributed by atoms with E-state index in [1.165, 1.54) is 18.4 Å². The highest BCUT2D eigenvalue weighted by molar-refractivity contribution is 5.68. The second kappa shape index (κ2) is 9.69. The summed E-state index contributed by atoms with van der Waals surface area (Å²) < 4.78 is 5.10. The van der Waals surface area contributed by atoms with Crippen molar-refractivity contribution in [2.24, 2.45) is 0 Å². The summed E-state index contributed by atoms with van der Waals surface area (Å²) in [5.74, 6) is 1.34. The molecule has 0 saturated carbocycles. The Morgan fingerprint density at radius 1 is 1.10 bits per heavy atom. The number of aliphatic hydroxyl groups is 1. The highest BCUT2D eigenvalue weighted by Crippen LogP contribution is 2.26. The monoisotopic (exact) mass is 404 g/mol. The zero-order valence-electron chi connectivity index (χ0n) is 17.3. The summed E-state index contributed by atoms with van der Waals surface area (Å²) in [4.78, 5) is 11.1. The SMILES string of the molecule is COc1ccc(Nc2cc(-c3cccc(CN4CCCCC4CO)c3)ccn2)cn1. The third-order valence-corrected chi connectivity index (χ3v) is 5.58. The number of aliphatic hydroxyl groups excluding tert-OH is 1. The van der Waals surface area contributed by atoms with Gasteiger partial charge in [-0.2, -0.15) is 0 Å². The van der Waals surface area contributed by atoms with Gasteiger partial charge in [-0.05, 0) is 60.3 Å². The lowest BCUT2D eigenvalue weighted by Gasteiger charge is -2.34. The maximum absolute atomic E-state index is 9.69. The van der Waals surface area contributed by atoms with Crippen LogP contribution in [0.1, 0.15) is 24.8 Å². The first-order chi connectivity index (χ1) is 14.7. The summed E-state index contributed by atoms with van der Waals surface area (Å²) in [6, 6.07) is 16.7. The Hall–Kier alpha value is -2.96. The van der Waals surface area contributed by atoms with Crippen molar-refractivity contribution in [3.63, 3.8) is 0 Å². The van der Waals surface area contributed by atoms with Crippen molar-refractivity contribution in [1.29, 1.82) is 0 Å². The molecule has 2 aromatic heterocycles. The number of aromatic nitrogens is 2. The predicted molar refractivity (Wildman–Crippen MR) is 119 cm³/mol. The molecule has 0 bridgehead atoms. The molecular weight excluding hydrogens is 376 g/mol. The molecule has 0 amide bonds. The van der Waals surface area contributed by atoms with Gasteiger partial charge in [-0.1, -0.05) is 24.6 Å². The van der Waals surface area contributed by atoms with E-state index in [9.17, 15) is 5.11 Å². The van der Waals surface area contributed by atoms with Gasteiger partial charge in [0.05, 0.1) is 25.6 Å². The number of pyridine rings is 2. The largest absolute Gasteiger partial charge is 0.481 e. The Morgan fingerprint density at radius 2 is 2.00 bits per heavy atom. The molecule has 6 nitrogen and oxygen atoms in total. The van der Waals surface area contributed by atoms with Crippen molar-refractivity contribution in [2.75, 3.05) is 25.6 Å². The van der Waals surface area contributed by atoms with E-state index in [0.29, 0.717) is 5.88 Å². The van der Waals surface area contributed by atoms with Crippen LogP contribution in [0.4, 0.5) is 11.5 Å². The molecule has 0 radical (unpaired) electrons. The first-order valence-corrected chi connectivity index (χ1v) is 10.4. The highest BCUT2D eigenvalue weighted by Gasteiger charge is 2.21. The van der Waals surface area contributed by atoms with Crippen molar-refractivity contribution < 1.29 is 9.84 Å². The number of nitrogens with one attached hydrogen (secondary N) is 1. The molecule has 1 aliphatic rings. The van der Waals surface area contributed by atoms with Gasteiger partial charge in [0.2, 0.25) is 5.88 Å². The fourth-order valence-corrected chi connectivity index (χ4v) is 3.96. The molecular formula is C24H28N4O2. The molecule has 6 heteroatoms. The maximum atomic E-state index is 9.69. The summed E-state index contributed by atoms with van der Waals surface area (Å²) in [7, 11) is 1.60. The average Bonchev–Trinajstić information content (AvgIpc) is 2.80. The Labute approximate surface area is 177 Å². The standard InChI is InChI=1S/C24H28N4O2/c1-30-24-9-8-21(15-26-24)27-23-14-20(10-11-25-23)19-6-4-5-18(13-19)16-28-12-3-2-7-22(28)17-29/h4-6,8-11,13-15,22,29H,2-3,7,12,16-17H2,1H3,(H,25,27). The number of hydrogen-bond donors (Lipinski definition) is 2. The minimum atomic E-state index is 0.235. The minimum Gasteiger partial charge on any atom is -0.481 e. The van der Waals surface area contributed by atoms with Crippen LogP contribution in [0.25, 0.3) is 11.1 Å². The molecule has 30 heavy (non-hydrogen) atoms. The molecule has 3 heterocycles. The molecule has 1 aromatic carbocycles. The lowest BCUT2D eigenvalue weighted by Crippen LogP contribution is -2.41. The van der Waals surface area contributed by atoms with Gasteiger partial charge >= 0.3 is 0 Å². The first-order valence-electron chi connectivity index (χ1n) is 10.4. The minimum absolute atomic E-state index is 0.235. The third kappa shape index (κ3) is 4.96. The summed E-state index contributed by atoms with van der Waals surface area (Å²) >= 11 is 0. The number of methoxy groups -OCH3 is 1. The second-order valence-electron chi connectivity index (χ2n) is 7.65. The lowest BCUT2D eigenvalue weighted by molar-refractivity contribution is 0.0841. The summed E-state index contributed by atoms with van der Waals surface area (Å²) in [6.45, 7) is 2.15. The predicted octanol–water partition coefficient (Wildman–Crippen LogP) is 4.24. The number of rotatable bonds is 7. The zero-order valence-corrected chi connectivity index (χ0v) is 17.3. The number of likely N-dealkylation sites (tertiary alicyclic amines) is 1. The number of nitrogens with zero attached hydrogens (tertiary/aromatic N) is 3. The maximum Gasteiger partial charge on any atom is 0.213 e. The quantitative estimate of drug-likeness (QED) is 0.614. The van der Waals surface area contributed by atoms with E-state index >= 15 is 0 Å². The van der Waals surface area contributed by atoms with Gasteiger partial charge in [0.1, 0.15) is 5.82 Å². The van der Waals surface area contributed by atoms with Crippen LogP contribution in [0.5, 0.6) is 5.88 Å². The number of piperidine rings is 1. The van der Waals surface area contributed by atoms with E-state index in [-0.39, 0.29) is 12.6 Å². The van der Waals surface area contributed by atoms with Gasteiger partial charge in [0.15, 0.2) is 0 Å². The van der Waals surface area contributed by atoms with Crippen LogP contribution in [0, 0.1) is 0 Å². The van der Waals surface area contributed by atoms with Crippen molar-refractivity contribution >= 4 is 11.5 Å². The van der Waals surface area contributed by atoms with Crippen LogP contribution in [0.15, 0.2) is 60.9 Å². The fourth-order valence-electron chi connectivity index (χ4n) is 3.96. The molecule has 0 spiro atoms. The normalized spacial score (nSPS) is 16.9. The Kier molecular flexibility index (Phi) is 6.57. The number of anilines is 2. The van der Waals surface area contributed by atoms with Crippen molar-refractivity contribution in [3.05, 3.63) is 66.5 Å². The summed E-state index contributed by atoms with van der Waals surface area (Å²) in [5.41, 5.74) is 4.38. The molecule has 2 N–H and O–H groups in total. The van der Waals surface area contributed by atoms with Crippen LogP contribution >= 0.6 is 0 Å². The van der Waals surface area contributed by atoms with Gasteiger partial charge in [-0.25, -0.2) is 9.97 Å². The van der Waals surface area contributed by atoms with Gasteiger partial charge < -0.3 is 15.2 Å². The van der Waals surface area contributed by atoms with E-state index in [2.05, 4.69) is 44.5 Å². The van der Waals surface area contributed by atoms with Crippen LogP contribution in [-0.4, -0.2) is 46.3 Å². The molecule has 1 fully saturated rings. The highest BCUT2D eigenvalue weighted by atomic mass is 16.5. The van der Waals surface area contributed by atoms with E-state index in [1.54, 1.807) is 13.3 Å². The average molecular weight is 405 g/mol. The number of ether oxygens (including phenoxy) is 1. The van der Waals surface area contributed by atoms with Crippen molar-refractivity contribution in [3.8, 4) is 17.0 Å². The van der Waals surface area contributed by atoms with Gasteiger partial charge in [0, 0.05) is 24.8 Å². The van der Waals surface area contributed by atoms with Crippen LogP contribution < -0.4 is 10.1 Å². The summed E-state index contributed by atoms with van der Waals surface area (Å²) in [5, 5.41) is 13.0. The lowest BCUT2D eigenvalue weighted by atomic mass is 10.00. The molecule has 1 saturated heterocycles. The molecule has 0 aliphatic carbocycles. The second-order valence-corrected chi connectivity index (χ2v) is 7.65. The smallest absolute Gasteiger partial charge is 0.213 e. The fraction of sp³-hybridized carbons (Fsp3) is 0.333. The molecule has 1 atom stereocenters. The Morgan fingerprint density at radius 3 is 2.80 bits per heavy atom. The van der Waals surface area contributed by atoms with Crippen LogP contribution in [0.3, 0.4) is 0 Å². The van der Waals surface area contributed by atoms with Crippen LogP contribution in [-0.2, 0) is 6.54 Å². The first kappa shape index (κ1) is 20.3.